The Labute approximate surface area is 127 Å². The molecule has 3 rings (SSSR count). The first-order valence-corrected chi connectivity index (χ1v) is 6.51. The average Bonchev–Trinajstić information content (AvgIpc) is 2.52. The molecule has 0 unspecified atom stereocenters. The van der Waals surface area contributed by atoms with E-state index in [0.29, 0.717) is 22.3 Å². The van der Waals surface area contributed by atoms with E-state index in [2.05, 4.69) is 26.8 Å². The molecule has 0 aliphatic rings. The highest BCUT2D eigenvalue weighted by Crippen LogP contribution is 2.30. The molecule has 0 amide bonds. The summed E-state index contributed by atoms with van der Waals surface area (Å²) in [6, 6.07) is 9.14. The lowest BCUT2D eigenvalue weighted by atomic mass is 10.1. The molecule has 6 nitrogen and oxygen atoms in total. The van der Waals surface area contributed by atoms with Gasteiger partial charge >= 0.3 is 0 Å². The molecule has 4 N–H and O–H groups in total. The Bertz CT molecular complexity index is 897. The van der Waals surface area contributed by atoms with Gasteiger partial charge in [0.15, 0.2) is 0 Å². The van der Waals surface area contributed by atoms with E-state index in [-0.39, 0.29) is 11.8 Å². The van der Waals surface area contributed by atoms with Crippen LogP contribution in [0.3, 0.4) is 0 Å². The second-order valence-electron chi connectivity index (χ2n) is 4.50. The summed E-state index contributed by atoms with van der Waals surface area (Å²) in [5, 5.41) is 0.625. The summed E-state index contributed by atoms with van der Waals surface area (Å²) in [6.07, 6.45) is 1.69. The number of fused-ring (bicyclic) bond motifs is 1. The summed E-state index contributed by atoms with van der Waals surface area (Å²) in [5.74, 6) is 6.97. The molecule has 0 saturated heterocycles. The van der Waals surface area contributed by atoms with Gasteiger partial charge in [0, 0.05) is 11.8 Å². The summed E-state index contributed by atoms with van der Waals surface area (Å²) in [4.78, 5) is 12.3. The maximum Gasteiger partial charge on any atom is 0.222 e. The van der Waals surface area contributed by atoms with Gasteiger partial charge in [-0.25, -0.2) is 9.97 Å². The number of pyridine rings is 1. The van der Waals surface area contributed by atoms with Crippen LogP contribution in [0.25, 0.3) is 10.9 Å². The number of nitrogens with two attached hydrogens (primary N) is 2. The van der Waals surface area contributed by atoms with Crippen molar-refractivity contribution in [2.45, 2.75) is 0 Å². The van der Waals surface area contributed by atoms with Crippen LogP contribution in [0.5, 0.6) is 5.75 Å². The molecule has 0 radical (unpaired) electrons. The quantitative estimate of drug-likeness (QED) is 0.660. The number of aromatic nitrogens is 3. The van der Waals surface area contributed by atoms with Crippen LogP contribution >= 0.6 is 0 Å². The van der Waals surface area contributed by atoms with Crippen molar-refractivity contribution in [1.29, 1.82) is 0 Å². The van der Waals surface area contributed by atoms with Crippen LogP contribution in [0, 0.1) is 11.8 Å². The number of hydrogen-bond donors (Lipinski definition) is 2. The molecule has 0 aliphatic heterocycles. The van der Waals surface area contributed by atoms with E-state index in [1.54, 1.807) is 25.4 Å². The van der Waals surface area contributed by atoms with Crippen molar-refractivity contribution in [2.75, 3.05) is 18.6 Å². The third-order valence-electron chi connectivity index (χ3n) is 3.03. The van der Waals surface area contributed by atoms with E-state index < -0.39 is 0 Å². The Morgan fingerprint density at radius 1 is 1.09 bits per heavy atom. The largest absolute Gasteiger partial charge is 0.496 e. The zero-order chi connectivity index (χ0) is 15.5. The molecule has 108 valence electrons. The lowest BCUT2D eigenvalue weighted by Crippen LogP contribution is -2.02. The molecule has 6 heteroatoms. The van der Waals surface area contributed by atoms with Crippen LogP contribution in [-0.4, -0.2) is 22.1 Å². The first-order chi connectivity index (χ1) is 10.7. The fourth-order valence-corrected chi connectivity index (χ4v) is 2.08. The first kappa shape index (κ1) is 13.6. The van der Waals surface area contributed by atoms with E-state index in [0.717, 1.165) is 5.56 Å². The van der Waals surface area contributed by atoms with Crippen molar-refractivity contribution >= 4 is 22.7 Å². The number of nitrogen functional groups attached to an aromatic ring is 2. The highest BCUT2D eigenvalue weighted by atomic mass is 16.5. The van der Waals surface area contributed by atoms with E-state index in [1.807, 2.05) is 18.2 Å². The van der Waals surface area contributed by atoms with Gasteiger partial charge in [-0.15, -0.1) is 0 Å². The number of anilines is 2. The van der Waals surface area contributed by atoms with E-state index >= 15 is 0 Å². The zero-order valence-electron chi connectivity index (χ0n) is 11.9. The van der Waals surface area contributed by atoms with Crippen LogP contribution in [0.4, 0.5) is 11.8 Å². The smallest absolute Gasteiger partial charge is 0.222 e. The summed E-state index contributed by atoms with van der Waals surface area (Å²) < 4.78 is 5.36. The molecule has 1 aromatic carbocycles. The molecule has 3 aromatic rings. The Kier molecular flexibility index (Phi) is 3.46. The monoisotopic (exact) mass is 291 g/mol. The van der Waals surface area contributed by atoms with Gasteiger partial charge in [0.1, 0.15) is 17.3 Å². The predicted octanol–water partition coefficient (Wildman–Crippen LogP) is 1.60. The van der Waals surface area contributed by atoms with E-state index in [9.17, 15) is 0 Å². The van der Waals surface area contributed by atoms with Gasteiger partial charge in [0.25, 0.3) is 0 Å². The van der Waals surface area contributed by atoms with E-state index in [1.165, 1.54) is 0 Å². The topological polar surface area (TPSA) is 99.9 Å². The van der Waals surface area contributed by atoms with Crippen molar-refractivity contribution in [1.82, 2.24) is 15.0 Å². The van der Waals surface area contributed by atoms with Crippen molar-refractivity contribution < 1.29 is 4.74 Å². The van der Waals surface area contributed by atoms with Gasteiger partial charge in [-0.3, -0.25) is 0 Å². The Morgan fingerprint density at radius 3 is 2.68 bits per heavy atom. The minimum absolute atomic E-state index is 0.113. The van der Waals surface area contributed by atoms with Gasteiger partial charge in [-0.2, -0.15) is 4.98 Å². The van der Waals surface area contributed by atoms with Crippen LogP contribution < -0.4 is 16.2 Å². The molecule has 22 heavy (non-hydrogen) atoms. The van der Waals surface area contributed by atoms with Crippen LogP contribution in [0.2, 0.25) is 0 Å². The zero-order valence-corrected chi connectivity index (χ0v) is 11.9. The SMILES string of the molecule is COc1cc(C#Cc2ccccn2)cc2nc(N)nc(N)c12. The third-order valence-corrected chi connectivity index (χ3v) is 3.03. The molecule has 0 atom stereocenters. The number of rotatable bonds is 1. The minimum atomic E-state index is 0.113. The van der Waals surface area contributed by atoms with Gasteiger partial charge in [-0.05, 0) is 30.2 Å². The summed E-state index contributed by atoms with van der Waals surface area (Å²) in [7, 11) is 1.56. The van der Waals surface area contributed by atoms with Gasteiger partial charge < -0.3 is 16.2 Å². The molecular formula is C16H13N5O. The number of nitrogens with zero attached hydrogens (tertiary/aromatic N) is 3. The van der Waals surface area contributed by atoms with Gasteiger partial charge in [0.05, 0.1) is 18.0 Å². The average molecular weight is 291 g/mol. The fraction of sp³-hybridized carbons (Fsp3) is 0.0625. The maximum atomic E-state index is 5.89. The van der Waals surface area contributed by atoms with Crippen LogP contribution in [-0.2, 0) is 0 Å². The molecule has 0 fully saturated rings. The minimum Gasteiger partial charge on any atom is -0.496 e. The molecule has 0 bridgehead atoms. The van der Waals surface area contributed by atoms with Gasteiger partial charge in [0.2, 0.25) is 5.95 Å². The van der Waals surface area contributed by atoms with Crippen molar-refractivity contribution in [3.05, 3.63) is 47.8 Å². The Morgan fingerprint density at radius 2 is 1.95 bits per heavy atom. The fourth-order valence-electron chi connectivity index (χ4n) is 2.08. The number of ether oxygens (including phenoxy) is 1. The lowest BCUT2D eigenvalue weighted by Gasteiger charge is -2.08. The molecule has 2 heterocycles. The second-order valence-corrected chi connectivity index (χ2v) is 4.50. The lowest BCUT2D eigenvalue weighted by molar-refractivity contribution is 0.419. The van der Waals surface area contributed by atoms with Crippen molar-refractivity contribution in [3.63, 3.8) is 0 Å². The number of methoxy groups -OCH3 is 1. The molecule has 0 spiro atoms. The molecule has 0 saturated carbocycles. The van der Waals surface area contributed by atoms with E-state index in [4.69, 9.17) is 16.2 Å². The molecule has 0 aliphatic carbocycles. The summed E-state index contributed by atoms with van der Waals surface area (Å²) in [6.45, 7) is 0. The normalized spacial score (nSPS) is 10.0. The molecule has 2 aromatic heterocycles. The number of hydrogen-bond acceptors (Lipinski definition) is 6. The predicted molar refractivity (Wildman–Crippen MR) is 85.1 cm³/mol. The standard InChI is InChI=1S/C16H13N5O/c1-22-13-9-10(5-6-11-4-2-3-7-19-11)8-12-14(13)15(17)21-16(18)20-12/h2-4,7-9H,1H3,(H4,17,18,20,21). The highest BCUT2D eigenvalue weighted by molar-refractivity contribution is 5.95. The highest BCUT2D eigenvalue weighted by Gasteiger charge is 2.10. The first-order valence-electron chi connectivity index (χ1n) is 6.51. The maximum absolute atomic E-state index is 5.89. The van der Waals surface area contributed by atoms with Crippen LogP contribution in [0.1, 0.15) is 11.3 Å². The van der Waals surface area contributed by atoms with Crippen molar-refractivity contribution in [3.8, 4) is 17.6 Å². The Balaban J connectivity index is 2.14. The second kappa shape index (κ2) is 5.58. The van der Waals surface area contributed by atoms with Crippen molar-refractivity contribution in [2.24, 2.45) is 0 Å². The Hall–Kier alpha value is -3.33. The summed E-state index contributed by atoms with van der Waals surface area (Å²) in [5.41, 5.74) is 13.5. The van der Waals surface area contributed by atoms with Crippen LogP contribution in [0.15, 0.2) is 36.5 Å². The third kappa shape index (κ3) is 2.60. The number of benzene rings is 1. The van der Waals surface area contributed by atoms with Gasteiger partial charge in [-0.1, -0.05) is 12.0 Å². The molecular weight excluding hydrogens is 278 g/mol. The summed E-state index contributed by atoms with van der Waals surface area (Å²) >= 11 is 0.